The summed E-state index contributed by atoms with van der Waals surface area (Å²) in [6, 6.07) is 20.7. The van der Waals surface area contributed by atoms with Gasteiger partial charge in [0, 0.05) is 31.4 Å². The van der Waals surface area contributed by atoms with Crippen LogP contribution in [0.15, 0.2) is 67.0 Å². The summed E-state index contributed by atoms with van der Waals surface area (Å²) in [5.41, 5.74) is 3.30. The minimum atomic E-state index is -1.31. The minimum Gasteiger partial charge on any atom is -0.387 e. The van der Waals surface area contributed by atoms with Crippen LogP contribution in [0.25, 0.3) is 11.2 Å². The smallest absolute Gasteiger partial charge is 0.226 e. The molecule has 0 bridgehead atoms. The lowest BCUT2D eigenvalue weighted by Crippen LogP contribution is -2.34. The van der Waals surface area contributed by atoms with Gasteiger partial charge >= 0.3 is 0 Å². The van der Waals surface area contributed by atoms with E-state index in [9.17, 15) is 10.2 Å². The number of alkyl halides is 1. The van der Waals surface area contributed by atoms with E-state index in [0.29, 0.717) is 48.4 Å². The molecule has 2 saturated heterocycles. The van der Waals surface area contributed by atoms with Crippen LogP contribution >= 0.6 is 11.6 Å². The Morgan fingerprint density at radius 3 is 2.33 bits per heavy atom. The Kier molecular flexibility index (Phi) is 10.0. The Morgan fingerprint density at radius 2 is 1.62 bits per heavy atom. The molecule has 48 heavy (non-hydrogen) atoms. The maximum atomic E-state index is 11.2. The monoisotopic (exact) mass is 673 g/mol. The number of tetrazole rings is 1. The van der Waals surface area contributed by atoms with E-state index >= 15 is 0 Å². The average Bonchev–Trinajstić information content (AvgIpc) is 3.84. The number of likely N-dealkylation sites (tertiary alicyclic amines) is 1. The zero-order valence-corrected chi connectivity index (χ0v) is 27.3. The van der Waals surface area contributed by atoms with Gasteiger partial charge in [-0.15, -0.1) is 21.8 Å². The maximum Gasteiger partial charge on any atom is 0.226 e. The van der Waals surface area contributed by atoms with Crippen LogP contribution in [-0.2, 0) is 11.3 Å². The number of ether oxygens (including phenoxy) is 1. The molecule has 4 atom stereocenters. The lowest BCUT2D eigenvalue weighted by atomic mass is 9.91. The van der Waals surface area contributed by atoms with Crippen molar-refractivity contribution in [3.63, 3.8) is 0 Å². The van der Waals surface area contributed by atoms with E-state index in [1.807, 2.05) is 36.4 Å². The number of aliphatic hydroxyl groups excluding tert-OH is 2. The van der Waals surface area contributed by atoms with Crippen molar-refractivity contribution in [1.82, 2.24) is 44.6 Å². The van der Waals surface area contributed by atoms with Crippen molar-refractivity contribution in [2.45, 2.75) is 56.3 Å². The fourth-order valence-corrected chi connectivity index (χ4v) is 6.61. The third-order valence-corrected chi connectivity index (χ3v) is 9.15. The van der Waals surface area contributed by atoms with Crippen LogP contribution in [0.5, 0.6) is 0 Å². The number of aromatic nitrogens is 8. The van der Waals surface area contributed by atoms with E-state index in [-0.39, 0.29) is 11.7 Å². The molecular weight excluding hydrogens is 634 g/mol. The Balaban J connectivity index is 1.19. The number of piperidine rings is 1. The van der Waals surface area contributed by atoms with E-state index in [2.05, 4.69) is 60.2 Å². The van der Waals surface area contributed by atoms with Crippen molar-refractivity contribution >= 4 is 34.5 Å². The van der Waals surface area contributed by atoms with Crippen LogP contribution in [0.3, 0.4) is 0 Å². The van der Waals surface area contributed by atoms with Gasteiger partial charge in [-0.3, -0.25) is 4.57 Å². The first kappa shape index (κ1) is 32.3. The second-order valence-corrected chi connectivity index (χ2v) is 12.5. The van der Waals surface area contributed by atoms with E-state index in [1.165, 1.54) is 35.2 Å². The highest BCUT2D eigenvalue weighted by molar-refractivity contribution is 6.17. The number of rotatable bonds is 13. The van der Waals surface area contributed by atoms with Crippen LogP contribution in [-0.4, -0.2) is 106 Å². The lowest BCUT2D eigenvalue weighted by molar-refractivity contribution is -0.0384. The summed E-state index contributed by atoms with van der Waals surface area (Å²) in [7, 11) is 0. The summed E-state index contributed by atoms with van der Waals surface area (Å²) >= 11 is 5.82. The van der Waals surface area contributed by atoms with Gasteiger partial charge in [-0.1, -0.05) is 67.1 Å². The quantitative estimate of drug-likeness (QED) is 0.135. The molecule has 3 aromatic heterocycles. The van der Waals surface area contributed by atoms with Crippen molar-refractivity contribution in [3.8, 4) is 0 Å². The number of halogens is 1. The van der Waals surface area contributed by atoms with Crippen LogP contribution in [0.1, 0.15) is 54.5 Å². The van der Waals surface area contributed by atoms with Gasteiger partial charge in [0.25, 0.3) is 0 Å². The number of aryl methyl sites for hydroxylation is 1. The van der Waals surface area contributed by atoms with Gasteiger partial charge in [-0.25, -0.2) is 4.98 Å². The molecule has 252 valence electrons. The Morgan fingerprint density at radius 1 is 0.896 bits per heavy atom. The van der Waals surface area contributed by atoms with E-state index in [1.54, 1.807) is 10.9 Å². The summed E-state index contributed by atoms with van der Waals surface area (Å²) in [6.45, 7) is 4.64. The summed E-state index contributed by atoms with van der Waals surface area (Å²) in [5, 5.41) is 41.4. The third-order valence-electron chi connectivity index (χ3n) is 8.98. The van der Waals surface area contributed by atoms with Crippen molar-refractivity contribution < 1.29 is 14.9 Å². The van der Waals surface area contributed by atoms with Crippen LogP contribution in [0.4, 0.5) is 11.8 Å². The summed E-state index contributed by atoms with van der Waals surface area (Å²) in [4.78, 5) is 18.2. The molecule has 2 fully saturated rings. The van der Waals surface area contributed by atoms with E-state index in [4.69, 9.17) is 26.3 Å². The first-order chi connectivity index (χ1) is 23.6. The van der Waals surface area contributed by atoms with E-state index in [0.717, 1.165) is 19.6 Å². The number of imidazole rings is 1. The van der Waals surface area contributed by atoms with Gasteiger partial charge in [0.05, 0.1) is 12.9 Å². The van der Waals surface area contributed by atoms with Crippen molar-refractivity contribution in [3.05, 3.63) is 83.9 Å². The Labute approximate surface area is 283 Å². The second-order valence-electron chi connectivity index (χ2n) is 12.2. The number of nitrogens with one attached hydrogen (secondary N) is 2. The molecule has 5 heterocycles. The number of anilines is 2. The van der Waals surface area contributed by atoms with Crippen molar-refractivity contribution in [1.29, 1.82) is 0 Å². The zero-order valence-electron chi connectivity index (χ0n) is 26.5. The van der Waals surface area contributed by atoms with Gasteiger partial charge in [0.1, 0.15) is 12.2 Å². The standard InChI is InChI=1S/C33H40ClN11O3/c34-14-18-45-41-30(40-42-45)28-26(46)27(47)32(48-28)44-21-37-25-29(38-33(39-31(25)44)35-15-19-43-16-8-3-9-17-43)36-20-24(22-10-4-1-5-11-22)23-12-6-2-7-13-23/h1-2,4-7,10-13,21,24,26-28,32,46-47H,3,8-9,14-20H2,(H2,35,36,38,39)/t26-,27+,28-,32+/m0/s1. The number of fused-ring (bicyclic) bond motifs is 1. The first-order valence-electron chi connectivity index (χ1n) is 16.5. The molecule has 2 aliphatic rings. The number of hydrogen-bond donors (Lipinski definition) is 4. The van der Waals surface area contributed by atoms with Gasteiger partial charge < -0.3 is 30.5 Å². The zero-order chi connectivity index (χ0) is 32.9. The van der Waals surface area contributed by atoms with Gasteiger partial charge in [0.2, 0.25) is 11.8 Å². The van der Waals surface area contributed by atoms with Gasteiger partial charge in [0.15, 0.2) is 29.3 Å². The normalized spacial score (nSPS) is 21.7. The highest BCUT2D eigenvalue weighted by Gasteiger charge is 2.47. The first-order valence-corrected chi connectivity index (χ1v) is 17.0. The molecule has 0 amide bonds. The predicted molar refractivity (Wildman–Crippen MR) is 181 cm³/mol. The molecule has 0 unspecified atom stereocenters. The summed E-state index contributed by atoms with van der Waals surface area (Å²) in [5.74, 6) is 1.48. The molecule has 5 aromatic rings. The number of aliphatic hydroxyl groups is 2. The number of hydrogen-bond acceptors (Lipinski definition) is 12. The SMILES string of the molecule is O[C@@H]1[C@H](O)[C@@H](c2nnn(CCCl)n2)O[C@H]1n1cnc2c(NCC(c3ccccc3)c3ccccc3)nc(NCCN3CCCCC3)nc21. The predicted octanol–water partition coefficient (Wildman–Crippen LogP) is 3.19. The fraction of sp³-hybridized carbons (Fsp3) is 0.455. The van der Waals surface area contributed by atoms with Crippen molar-refractivity contribution in [2.24, 2.45) is 0 Å². The highest BCUT2D eigenvalue weighted by atomic mass is 35.5. The van der Waals surface area contributed by atoms with Gasteiger partial charge in [-0.2, -0.15) is 14.8 Å². The van der Waals surface area contributed by atoms with Crippen molar-refractivity contribution in [2.75, 3.05) is 49.2 Å². The minimum absolute atomic E-state index is 0.0469. The molecule has 14 nitrogen and oxygen atoms in total. The number of benzene rings is 2. The summed E-state index contributed by atoms with van der Waals surface area (Å²) < 4.78 is 7.80. The number of nitrogens with zero attached hydrogens (tertiary/aromatic N) is 9. The van der Waals surface area contributed by atoms with Gasteiger partial charge in [-0.05, 0) is 42.3 Å². The average molecular weight is 674 g/mol. The lowest BCUT2D eigenvalue weighted by Gasteiger charge is -2.26. The Hall–Kier alpha value is -4.21. The summed E-state index contributed by atoms with van der Waals surface area (Å²) in [6.07, 6.45) is 0.626. The molecule has 0 radical (unpaired) electrons. The molecule has 0 spiro atoms. The largest absolute Gasteiger partial charge is 0.387 e. The topological polar surface area (TPSA) is 164 Å². The second kappa shape index (κ2) is 14.9. The van der Waals surface area contributed by atoms with Crippen LogP contribution in [0, 0.1) is 0 Å². The molecule has 2 aromatic carbocycles. The molecule has 7 rings (SSSR count). The third kappa shape index (κ3) is 6.98. The fourth-order valence-electron chi connectivity index (χ4n) is 6.45. The van der Waals surface area contributed by atoms with E-state index < -0.39 is 24.5 Å². The molecule has 2 aliphatic heterocycles. The molecule has 0 aliphatic carbocycles. The molecular formula is C33H40ClN11O3. The molecule has 15 heteroatoms. The molecule has 4 N–H and O–H groups in total. The van der Waals surface area contributed by atoms with Crippen LogP contribution in [0.2, 0.25) is 0 Å². The molecule has 0 saturated carbocycles. The Bertz CT molecular complexity index is 1730. The van der Waals surface area contributed by atoms with Crippen LogP contribution < -0.4 is 10.6 Å². The highest BCUT2D eigenvalue weighted by Crippen LogP contribution is 2.39. The maximum absolute atomic E-state index is 11.2.